The van der Waals surface area contributed by atoms with Gasteiger partial charge in [-0.3, -0.25) is 0 Å². The maximum Gasteiger partial charge on any atom is 0.577 e. The van der Waals surface area contributed by atoms with Gasteiger partial charge < -0.3 is 14.6 Å². The lowest BCUT2D eigenvalue weighted by atomic mass is 10.2. The average molecular weight is 216 g/mol. The normalized spacial score (nSPS) is 11.1. The van der Waals surface area contributed by atoms with Gasteiger partial charge in [-0.05, 0) is 19.3 Å². The van der Waals surface area contributed by atoms with Crippen LogP contribution in [0.5, 0.6) is 0 Å². The van der Waals surface area contributed by atoms with Gasteiger partial charge in [-0.2, -0.15) is 0 Å². The molecule has 0 aliphatic rings. The van der Waals surface area contributed by atoms with Crippen molar-refractivity contribution in [1.29, 1.82) is 0 Å². The standard InChI is InChI=1S/C7H11F3O4/c8-7(9,10)14-6(12)13-5-3-1-2-4-11/h11H,1-5H2. The summed E-state index contributed by atoms with van der Waals surface area (Å²) in [5.74, 6) is 0. The first-order valence-electron chi connectivity index (χ1n) is 3.99. The van der Waals surface area contributed by atoms with E-state index >= 15 is 0 Å². The fraction of sp³-hybridized carbons (Fsp3) is 0.857. The van der Waals surface area contributed by atoms with E-state index < -0.39 is 12.5 Å². The summed E-state index contributed by atoms with van der Waals surface area (Å²) in [4.78, 5) is 10.3. The molecule has 0 saturated carbocycles. The van der Waals surface area contributed by atoms with Crippen LogP contribution in [0.2, 0.25) is 0 Å². The highest BCUT2D eigenvalue weighted by molar-refractivity contribution is 5.59. The number of carbonyl (C=O) groups excluding carboxylic acids is 1. The summed E-state index contributed by atoms with van der Waals surface area (Å²) in [6.07, 6.45) is -5.25. The molecule has 0 radical (unpaired) electrons. The van der Waals surface area contributed by atoms with Crippen molar-refractivity contribution in [2.45, 2.75) is 25.6 Å². The van der Waals surface area contributed by atoms with Gasteiger partial charge in [0.1, 0.15) is 0 Å². The van der Waals surface area contributed by atoms with E-state index in [-0.39, 0.29) is 13.2 Å². The van der Waals surface area contributed by atoms with Crippen molar-refractivity contribution in [3.8, 4) is 0 Å². The summed E-state index contributed by atoms with van der Waals surface area (Å²) in [6, 6.07) is 0. The zero-order chi connectivity index (χ0) is 11.0. The molecular formula is C7H11F3O4. The minimum atomic E-state index is -5.00. The van der Waals surface area contributed by atoms with Gasteiger partial charge in [0.05, 0.1) is 6.61 Å². The second-order valence-electron chi connectivity index (χ2n) is 2.43. The van der Waals surface area contributed by atoms with Crippen LogP contribution in [0.4, 0.5) is 18.0 Å². The summed E-state index contributed by atoms with van der Waals surface area (Å²) in [5.41, 5.74) is 0. The Kier molecular flexibility index (Phi) is 6.02. The van der Waals surface area contributed by atoms with Crippen LogP contribution in [0, 0.1) is 0 Å². The highest BCUT2D eigenvalue weighted by Gasteiger charge is 2.34. The highest BCUT2D eigenvalue weighted by Crippen LogP contribution is 2.16. The number of alkyl halides is 3. The molecular weight excluding hydrogens is 205 g/mol. The topological polar surface area (TPSA) is 55.8 Å². The summed E-state index contributed by atoms with van der Waals surface area (Å²) < 4.78 is 41.2. The van der Waals surface area contributed by atoms with Crippen LogP contribution in [0.25, 0.3) is 0 Å². The summed E-state index contributed by atoms with van der Waals surface area (Å²) in [7, 11) is 0. The van der Waals surface area contributed by atoms with Gasteiger partial charge in [-0.15, -0.1) is 13.2 Å². The quantitative estimate of drug-likeness (QED) is 0.562. The zero-order valence-electron chi connectivity index (χ0n) is 7.34. The number of ether oxygens (including phenoxy) is 2. The fourth-order valence-corrected chi connectivity index (χ4v) is 0.670. The Hall–Kier alpha value is -0.980. The van der Waals surface area contributed by atoms with Crippen LogP contribution in [-0.4, -0.2) is 30.8 Å². The molecule has 0 fully saturated rings. The van der Waals surface area contributed by atoms with Crippen molar-refractivity contribution in [1.82, 2.24) is 0 Å². The van der Waals surface area contributed by atoms with Gasteiger partial charge in [0.15, 0.2) is 0 Å². The minimum Gasteiger partial charge on any atom is -0.434 e. The van der Waals surface area contributed by atoms with Gasteiger partial charge in [0, 0.05) is 6.61 Å². The van der Waals surface area contributed by atoms with E-state index in [0.717, 1.165) is 0 Å². The Morgan fingerprint density at radius 2 is 1.86 bits per heavy atom. The van der Waals surface area contributed by atoms with Gasteiger partial charge in [0.2, 0.25) is 0 Å². The third kappa shape index (κ3) is 9.11. The highest BCUT2D eigenvalue weighted by atomic mass is 19.4. The van der Waals surface area contributed by atoms with E-state index in [1.165, 1.54) is 0 Å². The third-order valence-electron chi connectivity index (χ3n) is 1.22. The molecule has 0 amide bonds. The number of hydrogen-bond donors (Lipinski definition) is 1. The molecule has 84 valence electrons. The minimum absolute atomic E-state index is 0.00694. The van der Waals surface area contributed by atoms with Gasteiger partial charge >= 0.3 is 12.5 Å². The summed E-state index contributed by atoms with van der Waals surface area (Å²) >= 11 is 0. The van der Waals surface area contributed by atoms with Crippen molar-refractivity contribution in [3.05, 3.63) is 0 Å². The molecule has 0 unspecified atom stereocenters. The SMILES string of the molecule is O=C(OCCCCCO)OC(F)(F)F. The van der Waals surface area contributed by atoms with Crippen molar-refractivity contribution in [2.24, 2.45) is 0 Å². The number of aliphatic hydroxyl groups excluding tert-OH is 1. The lowest BCUT2D eigenvalue weighted by Crippen LogP contribution is -2.20. The molecule has 14 heavy (non-hydrogen) atoms. The number of carbonyl (C=O) groups is 1. The molecule has 0 aliphatic carbocycles. The number of halogens is 3. The van der Waals surface area contributed by atoms with Crippen molar-refractivity contribution < 1.29 is 32.5 Å². The van der Waals surface area contributed by atoms with E-state index in [0.29, 0.717) is 19.3 Å². The molecule has 0 atom stereocenters. The molecule has 0 bridgehead atoms. The van der Waals surface area contributed by atoms with E-state index in [1.54, 1.807) is 0 Å². The lowest BCUT2D eigenvalue weighted by molar-refractivity contribution is -0.299. The first-order chi connectivity index (χ1) is 6.45. The Morgan fingerprint density at radius 3 is 2.36 bits per heavy atom. The molecule has 0 aliphatic heterocycles. The molecule has 4 nitrogen and oxygen atoms in total. The molecule has 0 spiro atoms. The predicted molar refractivity (Wildman–Crippen MR) is 39.4 cm³/mol. The Labute approximate surface area is 78.6 Å². The van der Waals surface area contributed by atoms with Gasteiger partial charge in [-0.1, -0.05) is 0 Å². The molecule has 7 heteroatoms. The Morgan fingerprint density at radius 1 is 1.21 bits per heavy atom. The maximum atomic E-state index is 11.4. The fourth-order valence-electron chi connectivity index (χ4n) is 0.670. The van der Waals surface area contributed by atoms with Crippen molar-refractivity contribution in [3.63, 3.8) is 0 Å². The first-order valence-corrected chi connectivity index (χ1v) is 3.99. The van der Waals surface area contributed by atoms with E-state index in [4.69, 9.17) is 5.11 Å². The van der Waals surface area contributed by atoms with Crippen LogP contribution < -0.4 is 0 Å². The Bertz CT molecular complexity index is 169. The largest absolute Gasteiger partial charge is 0.577 e. The number of unbranched alkanes of at least 4 members (excludes halogenated alkanes) is 2. The average Bonchev–Trinajstić information content (AvgIpc) is 2.00. The van der Waals surface area contributed by atoms with Crippen LogP contribution in [0.15, 0.2) is 0 Å². The monoisotopic (exact) mass is 216 g/mol. The Balaban J connectivity index is 3.36. The maximum absolute atomic E-state index is 11.4. The lowest BCUT2D eigenvalue weighted by Gasteiger charge is -2.07. The molecule has 0 aromatic rings. The van der Waals surface area contributed by atoms with Crippen molar-refractivity contribution >= 4 is 6.16 Å². The molecule has 0 rings (SSSR count). The molecule has 0 saturated heterocycles. The van der Waals surface area contributed by atoms with Gasteiger partial charge in [-0.25, -0.2) is 4.79 Å². The van der Waals surface area contributed by atoms with E-state index in [1.807, 2.05) is 0 Å². The van der Waals surface area contributed by atoms with Crippen LogP contribution in [-0.2, 0) is 9.47 Å². The number of aliphatic hydroxyl groups is 1. The second-order valence-corrected chi connectivity index (χ2v) is 2.43. The molecule has 0 aromatic carbocycles. The van der Waals surface area contributed by atoms with Crippen LogP contribution in [0.1, 0.15) is 19.3 Å². The van der Waals surface area contributed by atoms with E-state index in [9.17, 15) is 18.0 Å². The second kappa shape index (κ2) is 6.47. The van der Waals surface area contributed by atoms with Crippen LogP contribution >= 0.6 is 0 Å². The first kappa shape index (κ1) is 13.0. The van der Waals surface area contributed by atoms with E-state index in [2.05, 4.69) is 9.47 Å². The number of rotatable bonds is 5. The third-order valence-corrected chi connectivity index (χ3v) is 1.22. The zero-order valence-corrected chi connectivity index (χ0v) is 7.34. The predicted octanol–water partition coefficient (Wildman–Crippen LogP) is 1.82. The molecule has 0 heterocycles. The smallest absolute Gasteiger partial charge is 0.434 e. The number of hydrogen-bond acceptors (Lipinski definition) is 4. The van der Waals surface area contributed by atoms with Crippen molar-refractivity contribution in [2.75, 3.05) is 13.2 Å². The van der Waals surface area contributed by atoms with Gasteiger partial charge in [0.25, 0.3) is 0 Å². The molecule has 1 N–H and O–H groups in total. The molecule has 0 aromatic heterocycles. The van der Waals surface area contributed by atoms with Crippen LogP contribution in [0.3, 0.4) is 0 Å². The summed E-state index contributed by atoms with van der Waals surface area (Å²) in [5, 5.41) is 8.35. The summed E-state index contributed by atoms with van der Waals surface area (Å²) in [6.45, 7) is -0.137.